The van der Waals surface area contributed by atoms with E-state index < -0.39 is 6.04 Å². The van der Waals surface area contributed by atoms with Crippen molar-refractivity contribution in [2.75, 3.05) is 13.1 Å². The zero-order chi connectivity index (χ0) is 16.5. The van der Waals surface area contributed by atoms with Crippen LogP contribution in [0.15, 0.2) is 66.7 Å². The molecule has 23 heavy (non-hydrogen) atoms. The van der Waals surface area contributed by atoms with Crippen LogP contribution in [0.3, 0.4) is 0 Å². The van der Waals surface area contributed by atoms with Crippen molar-refractivity contribution in [3.05, 3.63) is 77.9 Å². The second-order valence-corrected chi connectivity index (χ2v) is 5.49. The van der Waals surface area contributed by atoms with Crippen molar-refractivity contribution in [3.8, 4) is 0 Å². The van der Waals surface area contributed by atoms with E-state index in [0.717, 1.165) is 11.1 Å². The molecule has 2 aromatic carbocycles. The number of carbonyl (C=O) groups excluding carboxylic acids is 1. The van der Waals surface area contributed by atoms with Gasteiger partial charge in [-0.25, -0.2) is 0 Å². The summed E-state index contributed by atoms with van der Waals surface area (Å²) < 4.78 is 0. The molecule has 0 bridgehead atoms. The van der Waals surface area contributed by atoms with Crippen molar-refractivity contribution in [2.24, 2.45) is 5.73 Å². The lowest BCUT2D eigenvalue weighted by Crippen LogP contribution is -2.44. The van der Waals surface area contributed by atoms with Crippen LogP contribution in [0.4, 0.5) is 0 Å². The molecule has 0 aromatic heterocycles. The van der Waals surface area contributed by atoms with Crippen molar-refractivity contribution < 1.29 is 4.79 Å². The maximum absolute atomic E-state index is 12.5. The molecule has 0 spiro atoms. The van der Waals surface area contributed by atoms with E-state index in [0.29, 0.717) is 19.5 Å². The first-order chi connectivity index (χ1) is 11.2. The van der Waals surface area contributed by atoms with Crippen molar-refractivity contribution in [3.63, 3.8) is 0 Å². The van der Waals surface area contributed by atoms with E-state index in [4.69, 9.17) is 5.73 Å². The molecule has 0 heterocycles. The lowest BCUT2D eigenvalue weighted by atomic mass is 10.1. The van der Waals surface area contributed by atoms with E-state index in [9.17, 15) is 4.79 Å². The summed E-state index contributed by atoms with van der Waals surface area (Å²) in [7, 11) is 0. The van der Waals surface area contributed by atoms with Gasteiger partial charge in [-0.15, -0.1) is 0 Å². The Morgan fingerprint density at radius 1 is 1.09 bits per heavy atom. The molecule has 0 radical (unpaired) electrons. The molecule has 0 saturated heterocycles. The Kier molecular flexibility index (Phi) is 6.57. The van der Waals surface area contributed by atoms with Gasteiger partial charge in [0.1, 0.15) is 0 Å². The maximum atomic E-state index is 12.5. The number of likely N-dealkylation sites (N-methyl/N-ethyl adjacent to an activating group) is 1. The van der Waals surface area contributed by atoms with Crippen LogP contribution in [-0.2, 0) is 11.2 Å². The van der Waals surface area contributed by atoms with Crippen molar-refractivity contribution >= 4 is 12.0 Å². The minimum Gasteiger partial charge on any atom is -0.338 e. The van der Waals surface area contributed by atoms with Crippen molar-refractivity contribution in [1.82, 2.24) is 4.90 Å². The fourth-order valence-corrected chi connectivity index (χ4v) is 2.44. The van der Waals surface area contributed by atoms with Gasteiger partial charge in [-0.05, 0) is 24.5 Å². The first kappa shape index (κ1) is 17.0. The Hall–Kier alpha value is -2.39. The van der Waals surface area contributed by atoms with Crippen molar-refractivity contribution in [1.29, 1.82) is 0 Å². The van der Waals surface area contributed by atoms with Crippen LogP contribution in [-0.4, -0.2) is 29.9 Å². The Balaban J connectivity index is 1.91. The van der Waals surface area contributed by atoms with Crippen molar-refractivity contribution in [2.45, 2.75) is 19.4 Å². The van der Waals surface area contributed by atoms with E-state index >= 15 is 0 Å². The number of hydrogen-bond acceptors (Lipinski definition) is 2. The van der Waals surface area contributed by atoms with Crippen LogP contribution >= 0.6 is 0 Å². The smallest absolute Gasteiger partial charge is 0.240 e. The normalized spacial score (nSPS) is 12.3. The van der Waals surface area contributed by atoms with Gasteiger partial charge in [0.25, 0.3) is 0 Å². The van der Waals surface area contributed by atoms with E-state index in [2.05, 4.69) is 0 Å². The Morgan fingerprint density at radius 2 is 1.70 bits per heavy atom. The topological polar surface area (TPSA) is 46.3 Å². The summed E-state index contributed by atoms with van der Waals surface area (Å²) in [6.07, 6.45) is 4.60. The third-order valence-electron chi connectivity index (χ3n) is 3.74. The summed E-state index contributed by atoms with van der Waals surface area (Å²) in [5.41, 5.74) is 8.31. The summed E-state index contributed by atoms with van der Waals surface area (Å²) in [6, 6.07) is 19.5. The van der Waals surface area contributed by atoms with Gasteiger partial charge in [0, 0.05) is 13.1 Å². The van der Waals surface area contributed by atoms with Crippen LogP contribution in [0.1, 0.15) is 18.1 Å². The van der Waals surface area contributed by atoms with Gasteiger partial charge in [0.05, 0.1) is 6.04 Å². The summed E-state index contributed by atoms with van der Waals surface area (Å²) in [5.74, 6) is -0.00550. The highest BCUT2D eigenvalue weighted by molar-refractivity contribution is 5.82. The first-order valence-electron chi connectivity index (χ1n) is 8.00. The fourth-order valence-electron chi connectivity index (χ4n) is 2.44. The van der Waals surface area contributed by atoms with E-state index in [-0.39, 0.29) is 5.91 Å². The van der Waals surface area contributed by atoms with Gasteiger partial charge in [0.15, 0.2) is 0 Å². The SMILES string of the molecule is CCN(CC=Cc1ccccc1)C(=O)[C@H](N)Cc1ccccc1. The van der Waals surface area contributed by atoms with Gasteiger partial charge in [-0.3, -0.25) is 4.79 Å². The summed E-state index contributed by atoms with van der Waals surface area (Å²) in [6.45, 7) is 3.21. The second kappa shape index (κ2) is 8.91. The zero-order valence-corrected chi connectivity index (χ0v) is 13.6. The molecule has 2 aromatic rings. The molecule has 2 N–H and O–H groups in total. The monoisotopic (exact) mass is 308 g/mol. The number of nitrogens with two attached hydrogens (primary N) is 1. The minimum absolute atomic E-state index is 0.00550. The molecule has 3 heteroatoms. The van der Waals surface area contributed by atoms with Gasteiger partial charge in [-0.1, -0.05) is 72.8 Å². The van der Waals surface area contributed by atoms with Gasteiger partial charge >= 0.3 is 0 Å². The van der Waals surface area contributed by atoms with E-state index in [1.165, 1.54) is 0 Å². The fraction of sp³-hybridized carbons (Fsp3) is 0.250. The number of amides is 1. The number of hydrogen-bond donors (Lipinski definition) is 1. The summed E-state index contributed by atoms with van der Waals surface area (Å²) >= 11 is 0. The molecule has 0 unspecified atom stereocenters. The molecule has 120 valence electrons. The van der Waals surface area contributed by atoms with Gasteiger partial charge < -0.3 is 10.6 Å². The molecule has 1 amide bonds. The molecular weight excluding hydrogens is 284 g/mol. The Bertz CT molecular complexity index is 623. The highest BCUT2D eigenvalue weighted by Crippen LogP contribution is 2.06. The predicted molar refractivity (Wildman–Crippen MR) is 95.9 cm³/mol. The minimum atomic E-state index is -0.498. The Morgan fingerprint density at radius 3 is 2.30 bits per heavy atom. The van der Waals surface area contributed by atoms with E-state index in [1.807, 2.05) is 79.7 Å². The average Bonchev–Trinajstić information content (AvgIpc) is 2.60. The highest BCUT2D eigenvalue weighted by atomic mass is 16.2. The molecule has 3 nitrogen and oxygen atoms in total. The predicted octanol–water partition coefficient (Wildman–Crippen LogP) is 3.12. The molecule has 0 aliphatic carbocycles. The summed E-state index contributed by atoms with van der Waals surface area (Å²) in [5, 5.41) is 0. The number of nitrogens with zero attached hydrogens (tertiary/aromatic N) is 1. The summed E-state index contributed by atoms with van der Waals surface area (Å²) in [4.78, 5) is 14.3. The van der Waals surface area contributed by atoms with Crippen LogP contribution in [0.5, 0.6) is 0 Å². The lowest BCUT2D eigenvalue weighted by molar-refractivity contribution is -0.131. The molecule has 2 rings (SSSR count). The second-order valence-electron chi connectivity index (χ2n) is 5.49. The van der Waals surface area contributed by atoms with Crippen LogP contribution in [0.25, 0.3) is 6.08 Å². The zero-order valence-electron chi connectivity index (χ0n) is 13.6. The first-order valence-corrected chi connectivity index (χ1v) is 8.00. The standard InChI is InChI=1S/C20H24N2O/c1-2-22(15-9-14-17-10-5-3-6-11-17)20(23)19(21)16-18-12-7-4-8-13-18/h3-14,19H,2,15-16,21H2,1H3/t19-/m1/s1. The van der Waals surface area contributed by atoms with Crippen LogP contribution in [0, 0.1) is 0 Å². The van der Waals surface area contributed by atoms with E-state index in [1.54, 1.807) is 4.90 Å². The highest BCUT2D eigenvalue weighted by Gasteiger charge is 2.19. The van der Waals surface area contributed by atoms with Crippen LogP contribution in [0.2, 0.25) is 0 Å². The van der Waals surface area contributed by atoms with Crippen LogP contribution < -0.4 is 5.73 Å². The lowest BCUT2D eigenvalue weighted by Gasteiger charge is -2.23. The quantitative estimate of drug-likeness (QED) is 0.854. The number of carbonyl (C=O) groups is 1. The molecule has 0 aliphatic rings. The number of rotatable bonds is 7. The number of benzene rings is 2. The molecule has 0 aliphatic heterocycles. The molecule has 1 atom stereocenters. The van der Waals surface area contributed by atoms with Gasteiger partial charge in [0.2, 0.25) is 5.91 Å². The molecule has 0 fully saturated rings. The maximum Gasteiger partial charge on any atom is 0.240 e. The molecule has 0 saturated carbocycles. The largest absolute Gasteiger partial charge is 0.338 e. The molecular formula is C20H24N2O. The Labute approximate surface area is 138 Å². The third kappa shape index (κ3) is 5.38. The third-order valence-corrected chi connectivity index (χ3v) is 3.74. The van der Waals surface area contributed by atoms with Gasteiger partial charge in [-0.2, -0.15) is 0 Å². The average molecular weight is 308 g/mol.